The Morgan fingerprint density at radius 1 is 1.30 bits per heavy atom. The first-order valence-electron chi connectivity index (χ1n) is 9.21. The van der Waals surface area contributed by atoms with Crippen LogP contribution in [0.15, 0.2) is 42.5 Å². The average Bonchev–Trinajstić information content (AvgIpc) is 2.87. The molecule has 1 amide bonds. The van der Waals surface area contributed by atoms with Crippen molar-refractivity contribution in [3.05, 3.63) is 59.2 Å². The van der Waals surface area contributed by atoms with Crippen LogP contribution < -0.4 is 15.0 Å². The number of rotatable bonds is 6. The highest BCUT2D eigenvalue weighted by Crippen LogP contribution is 2.29. The number of hydroxylamine groups is 1. The highest BCUT2D eigenvalue weighted by molar-refractivity contribution is 5.93. The van der Waals surface area contributed by atoms with Crippen LogP contribution in [0.1, 0.15) is 41.3 Å². The summed E-state index contributed by atoms with van der Waals surface area (Å²) in [5.74, 6) is 1.02. The van der Waals surface area contributed by atoms with E-state index in [4.69, 9.17) is 14.7 Å². The van der Waals surface area contributed by atoms with Gasteiger partial charge in [0.05, 0.1) is 7.11 Å². The molecule has 0 unspecified atom stereocenters. The zero-order valence-electron chi connectivity index (χ0n) is 15.8. The summed E-state index contributed by atoms with van der Waals surface area (Å²) in [4.78, 5) is 14.1. The molecule has 27 heavy (non-hydrogen) atoms. The number of carbonyl (C=O) groups excluding carboxylic acids is 1. The molecular formula is C21H26N2O4. The van der Waals surface area contributed by atoms with E-state index < -0.39 is 5.91 Å². The Morgan fingerprint density at radius 3 is 2.74 bits per heavy atom. The van der Waals surface area contributed by atoms with Crippen molar-refractivity contribution in [1.82, 2.24) is 10.4 Å². The van der Waals surface area contributed by atoms with E-state index >= 15 is 0 Å². The van der Waals surface area contributed by atoms with E-state index in [0.29, 0.717) is 24.0 Å². The van der Waals surface area contributed by atoms with E-state index in [0.717, 1.165) is 37.2 Å². The lowest BCUT2D eigenvalue weighted by Gasteiger charge is -2.29. The summed E-state index contributed by atoms with van der Waals surface area (Å²) in [7, 11) is 1.67. The molecule has 3 rings (SSSR count). The molecule has 0 fully saturated rings. The van der Waals surface area contributed by atoms with Crippen molar-refractivity contribution >= 4 is 5.91 Å². The molecule has 144 valence electrons. The topological polar surface area (TPSA) is 71.0 Å². The fourth-order valence-electron chi connectivity index (χ4n) is 3.41. The standard InChI is InChI=1S/C21H26N2O4/c1-3-4-18-14-27-20-11-16(21(24)22-25)7-8-17(20)13-23(18)12-15-5-9-19(26-2)10-6-15/h5-11,18,25H,3-4,12-14H2,1-2H3,(H,22,24)/t18-/m0/s1. The number of methoxy groups -OCH3 is 1. The van der Waals surface area contributed by atoms with Crippen LogP contribution in [0.2, 0.25) is 0 Å². The maximum Gasteiger partial charge on any atom is 0.274 e. The number of benzene rings is 2. The average molecular weight is 370 g/mol. The minimum absolute atomic E-state index is 0.291. The largest absolute Gasteiger partial charge is 0.497 e. The summed E-state index contributed by atoms with van der Waals surface area (Å²) >= 11 is 0. The molecular weight excluding hydrogens is 344 g/mol. The Balaban J connectivity index is 1.83. The molecule has 1 aliphatic heterocycles. The van der Waals surface area contributed by atoms with Crippen molar-refractivity contribution in [1.29, 1.82) is 0 Å². The second-order valence-corrected chi connectivity index (χ2v) is 6.77. The van der Waals surface area contributed by atoms with E-state index in [2.05, 4.69) is 24.0 Å². The molecule has 2 aromatic rings. The van der Waals surface area contributed by atoms with Crippen LogP contribution in [0.3, 0.4) is 0 Å². The van der Waals surface area contributed by atoms with Crippen molar-refractivity contribution in [2.75, 3.05) is 13.7 Å². The Morgan fingerprint density at radius 2 is 2.07 bits per heavy atom. The first kappa shape index (κ1) is 19.2. The van der Waals surface area contributed by atoms with Crippen LogP contribution in [0.25, 0.3) is 0 Å². The summed E-state index contributed by atoms with van der Waals surface area (Å²) in [5, 5.41) is 8.85. The smallest absolute Gasteiger partial charge is 0.274 e. The maximum atomic E-state index is 11.7. The fraction of sp³-hybridized carbons (Fsp3) is 0.381. The van der Waals surface area contributed by atoms with Crippen LogP contribution in [-0.2, 0) is 13.1 Å². The van der Waals surface area contributed by atoms with Crippen molar-refractivity contribution in [2.24, 2.45) is 0 Å². The fourth-order valence-corrected chi connectivity index (χ4v) is 3.41. The lowest BCUT2D eigenvalue weighted by molar-refractivity contribution is 0.0706. The monoisotopic (exact) mass is 370 g/mol. The molecule has 0 saturated carbocycles. The van der Waals surface area contributed by atoms with Crippen molar-refractivity contribution in [3.63, 3.8) is 0 Å². The van der Waals surface area contributed by atoms with E-state index in [-0.39, 0.29) is 0 Å². The van der Waals surface area contributed by atoms with Crippen LogP contribution >= 0.6 is 0 Å². The minimum atomic E-state index is -0.536. The van der Waals surface area contributed by atoms with Crippen molar-refractivity contribution in [2.45, 2.75) is 38.9 Å². The van der Waals surface area contributed by atoms with Gasteiger partial charge >= 0.3 is 0 Å². The molecule has 2 N–H and O–H groups in total. The van der Waals surface area contributed by atoms with Crippen LogP contribution in [0.4, 0.5) is 0 Å². The predicted molar refractivity (Wildman–Crippen MR) is 102 cm³/mol. The van der Waals surface area contributed by atoms with Crippen LogP contribution in [0.5, 0.6) is 11.5 Å². The van der Waals surface area contributed by atoms with Gasteiger partial charge in [0.2, 0.25) is 0 Å². The van der Waals surface area contributed by atoms with E-state index in [1.807, 2.05) is 18.2 Å². The molecule has 0 bridgehead atoms. The van der Waals surface area contributed by atoms with Gasteiger partial charge in [0, 0.05) is 30.3 Å². The molecule has 1 heterocycles. The van der Waals surface area contributed by atoms with E-state index in [1.165, 1.54) is 5.56 Å². The Labute approximate surface area is 159 Å². The summed E-state index contributed by atoms with van der Waals surface area (Å²) < 4.78 is 11.3. The lowest BCUT2D eigenvalue weighted by Crippen LogP contribution is -2.36. The third-order valence-electron chi connectivity index (χ3n) is 4.92. The number of carbonyl (C=O) groups is 1. The number of nitrogens with one attached hydrogen (secondary N) is 1. The summed E-state index contributed by atoms with van der Waals surface area (Å²) in [6, 6.07) is 13.7. The minimum Gasteiger partial charge on any atom is -0.497 e. The summed E-state index contributed by atoms with van der Waals surface area (Å²) in [6.07, 6.45) is 2.11. The number of nitrogens with zero attached hydrogens (tertiary/aromatic N) is 1. The molecule has 2 aromatic carbocycles. The van der Waals surface area contributed by atoms with Crippen molar-refractivity contribution in [3.8, 4) is 11.5 Å². The van der Waals surface area contributed by atoms with Gasteiger partial charge in [0.1, 0.15) is 18.1 Å². The third-order valence-corrected chi connectivity index (χ3v) is 4.92. The number of fused-ring (bicyclic) bond motifs is 1. The molecule has 0 spiro atoms. The maximum absolute atomic E-state index is 11.7. The molecule has 1 aliphatic rings. The second-order valence-electron chi connectivity index (χ2n) is 6.77. The van der Waals surface area contributed by atoms with Gasteiger partial charge in [0.15, 0.2) is 0 Å². The Hall–Kier alpha value is -2.57. The normalized spacial score (nSPS) is 16.8. The molecule has 0 aromatic heterocycles. The summed E-state index contributed by atoms with van der Waals surface area (Å²) in [6.45, 7) is 4.30. The number of amides is 1. The Bertz CT molecular complexity index is 776. The second kappa shape index (κ2) is 8.88. The lowest BCUT2D eigenvalue weighted by atomic mass is 10.1. The zero-order chi connectivity index (χ0) is 19.2. The molecule has 0 radical (unpaired) electrons. The molecule has 1 atom stereocenters. The highest BCUT2D eigenvalue weighted by atomic mass is 16.5. The molecule has 0 aliphatic carbocycles. The first-order valence-corrected chi connectivity index (χ1v) is 9.21. The molecule has 0 saturated heterocycles. The quantitative estimate of drug-likeness (QED) is 0.603. The van der Waals surface area contributed by atoms with Crippen molar-refractivity contribution < 1.29 is 19.5 Å². The van der Waals surface area contributed by atoms with E-state index in [9.17, 15) is 4.79 Å². The van der Waals surface area contributed by atoms with Gasteiger partial charge in [-0.2, -0.15) is 0 Å². The van der Waals surface area contributed by atoms with Gasteiger partial charge in [-0.15, -0.1) is 0 Å². The zero-order valence-corrected chi connectivity index (χ0v) is 15.8. The third kappa shape index (κ3) is 4.59. The van der Waals surface area contributed by atoms with Gasteiger partial charge < -0.3 is 9.47 Å². The summed E-state index contributed by atoms with van der Waals surface area (Å²) in [5.41, 5.74) is 4.31. The highest BCUT2D eigenvalue weighted by Gasteiger charge is 2.25. The predicted octanol–water partition coefficient (Wildman–Crippen LogP) is 3.38. The van der Waals surface area contributed by atoms with Crippen LogP contribution in [0, 0.1) is 0 Å². The number of ether oxygens (including phenoxy) is 2. The Kier molecular flexibility index (Phi) is 6.32. The van der Waals surface area contributed by atoms with Gasteiger partial charge in [-0.1, -0.05) is 31.5 Å². The van der Waals surface area contributed by atoms with Gasteiger partial charge in [-0.05, 0) is 36.2 Å². The van der Waals surface area contributed by atoms with Gasteiger partial charge in [-0.3, -0.25) is 14.9 Å². The first-order chi connectivity index (χ1) is 13.1. The van der Waals surface area contributed by atoms with Gasteiger partial charge in [-0.25, -0.2) is 5.48 Å². The number of hydrogen-bond acceptors (Lipinski definition) is 5. The number of hydrogen-bond donors (Lipinski definition) is 2. The molecule has 6 nitrogen and oxygen atoms in total. The SMILES string of the molecule is CCC[C@H]1COc2cc(C(=O)NO)ccc2CN1Cc1ccc(OC)cc1. The van der Waals surface area contributed by atoms with E-state index in [1.54, 1.807) is 24.7 Å². The van der Waals surface area contributed by atoms with Crippen LogP contribution in [-0.4, -0.2) is 35.8 Å². The van der Waals surface area contributed by atoms with Gasteiger partial charge in [0.25, 0.3) is 5.91 Å². The molecule has 6 heteroatoms.